The maximum atomic E-state index is 13.1. The van der Waals surface area contributed by atoms with Gasteiger partial charge in [0.1, 0.15) is 0 Å². The zero-order chi connectivity index (χ0) is 22.1. The quantitative estimate of drug-likeness (QED) is 0.709. The van der Waals surface area contributed by atoms with Crippen molar-refractivity contribution in [1.29, 1.82) is 0 Å². The van der Waals surface area contributed by atoms with Gasteiger partial charge in [-0.2, -0.15) is 13.2 Å². The number of urea groups is 1. The molecule has 0 radical (unpaired) electrons. The Morgan fingerprint density at radius 3 is 2.70 bits per heavy atom. The van der Waals surface area contributed by atoms with Gasteiger partial charge in [-0.25, -0.2) is 4.79 Å². The average molecular weight is 426 g/mol. The molecule has 10 heteroatoms. The summed E-state index contributed by atoms with van der Waals surface area (Å²) in [5.74, 6) is 0.283. The number of carbonyl (C=O) groups is 1. The van der Waals surface area contributed by atoms with E-state index in [9.17, 15) is 18.0 Å². The number of carbonyl (C=O) groups excluding carboxylic acids is 1. The molecule has 1 saturated heterocycles. The molecule has 0 bridgehead atoms. The first-order valence-electron chi connectivity index (χ1n) is 9.58. The first-order chi connectivity index (χ1) is 14.0. The highest BCUT2D eigenvalue weighted by Crippen LogP contribution is 2.35. The van der Waals surface area contributed by atoms with Crippen LogP contribution >= 0.6 is 0 Å². The first-order valence-corrected chi connectivity index (χ1v) is 9.58. The van der Waals surface area contributed by atoms with Crippen LogP contribution in [0.4, 0.5) is 23.8 Å². The Hall–Kier alpha value is -2.62. The Kier molecular flexibility index (Phi) is 6.07. The molecular weight excluding hydrogens is 401 g/mol. The fourth-order valence-electron chi connectivity index (χ4n) is 3.54. The van der Waals surface area contributed by atoms with Crippen molar-refractivity contribution in [3.8, 4) is 0 Å². The number of rotatable bonds is 5. The van der Waals surface area contributed by atoms with Crippen molar-refractivity contribution in [3.05, 3.63) is 41.3 Å². The number of alkyl halides is 3. The van der Waals surface area contributed by atoms with Crippen LogP contribution in [0.5, 0.6) is 0 Å². The van der Waals surface area contributed by atoms with Gasteiger partial charge in [0.15, 0.2) is 0 Å². The van der Waals surface area contributed by atoms with E-state index in [1.165, 1.54) is 11.0 Å². The highest BCUT2D eigenvalue weighted by atomic mass is 19.4. The lowest BCUT2D eigenvalue weighted by molar-refractivity contribution is -0.137. The van der Waals surface area contributed by atoms with Crippen molar-refractivity contribution in [2.45, 2.75) is 44.3 Å². The van der Waals surface area contributed by atoms with Gasteiger partial charge >= 0.3 is 12.2 Å². The summed E-state index contributed by atoms with van der Waals surface area (Å²) < 4.78 is 49.0. The van der Waals surface area contributed by atoms with Gasteiger partial charge in [0, 0.05) is 38.4 Å². The van der Waals surface area contributed by atoms with Crippen LogP contribution in [0.25, 0.3) is 0 Å². The lowest BCUT2D eigenvalue weighted by atomic mass is 9.90. The summed E-state index contributed by atoms with van der Waals surface area (Å²) in [6, 6.07) is 3.30. The molecule has 0 aliphatic carbocycles. The van der Waals surface area contributed by atoms with Crippen molar-refractivity contribution >= 4 is 11.9 Å². The van der Waals surface area contributed by atoms with Gasteiger partial charge in [-0.1, -0.05) is 19.0 Å². The van der Waals surface area contributed by atoms with Crippen LogP contribution in [0.15, 0.2) is 28.9 Å². The summed E-state index contributed by atoms with van der Waals surface area (Å²) in [4.78, 5) is 20.0. The van der Waals surface area contributed by atoms with Crippen LogP contribution in [0.3, 0.4) is 0 Å². The minimum atomic E-state index is -4.45. The van der Waals surface area contributed by atoms with Gasteiger partial charge in [0.2, 0.25) is 5.88 Å². The number of pyridine rings is 1. The van der Waals surface area contributed by atoms with Crippen LogP contribution in [0.2, 0.25) is 0 Å². The number of hydrogen-bond acceptors (Lipinski definition) is 5. The SMILES string of the molecule is COCC(C)(C)c1cc(N(C)C(=O)N2CCCC2c2ccc(C(F)(F)F)cn2)on1. The van der Waals surface area contributed by atoms with Crippen molar-refractivity contribution < 1.29 is 27.2 Å². The van der Waals surface area contributed by atoms with Gasteiger partial charge in [-0.3, -0.25) is 9.88 Å². The number of ether oxygens (including phenoxy) is 1. The van der Waals surface area contributed by atoms with E-state index in [0.717, 1.165) is 18.7 Å². The summed E-state index contributed by atoms with van der Waals surface area (Å²) in [5, 5.41) is 4.06. The first kappa shape index (κ1) is 22.1. The maximum Gasteiger partial charge on any atom is 0.417 e. The van der Waals surface area contributed by atoms with E-state index in [2.05, 4.69) is 10.1 Å². The Labute approximate surface area is 172 Å². The van der Waals surface area contributed by atoms with E-state index >= 15 is 0 Å². The summed E-state index contributed by atoms with van der Waals surface area (Å²) in [6.45, 7) is 4.82. The smallest absolute Gasteiger partial charge is 0.384 e. The molecule has 1 aliphatic heterocycles. The number of anilines is 1. The van der Waals surface area contributed by atoms with Crippen LogP contribution in [0, 0.1) is 0 Å². The highest BCUT2D eigenvalue weighted by molar-refractivity contribution is 5.90. The molecule has 0 spiro atoms. The van der Waals surface area contributed by atoms with Crippen molar-refractivity contribution in [2.75, 3.05) is 32.2 Å². The predicted octanol–water partition coefficient (Wildman–Crippen LogP) is 4.41. The van der Waals surface area contributed by atoms with E-state index in [0.29, 0.717) is 31.0 Å². The molecule has 1 aliphatic rings. The number of halogens is 3. The molecule has 0 N–H and O–H groups in total. The zero-order valence-corrected chi connectivity index (χ0v) is 17.4. The highest BCUT2D eigenvalue weighted by Gasteiger charge is 2.36. The largest absolute Gasteiger partial charge is 0.417 e. The number of methoxy groups -OCH3 is 1. The van der Waals surface area contributed by atoms with Crippen LogP contribution in [-0.2, 0) is 16.3 Å². The normalized spacial score (nSPS) is 17.4. The lowest BCUT2D eigenvalue weighted by Crippen LogP contribution is -2.41. The second-order valence-electron chi connectivity index (χ2n) is 8.03. The molecular formula is C20H25F3N4O3. The van der Waals surface area contributed by atoms with E-state index < -0.39 is 17.8 Å². The van der Waals surface area contributed by atoms with Gasteiger partial charge in [0.25, 0.3) is 0 Å². The molecule has 2 aromatic rings. The Bertz CT molecular complexity index is 880. The second-order valence-corrected chi connectivity index (χ2v) is 8.03. The average Bonchev–Trinajstić information content (AvgIpc) is 3.36. The molecule has 30 heavy (non-hydrogen) atoms. The van der Waals surface area contributed by atoms with Crippen LogP contribution in [0.1, 0.15) is 49.7 Å². The van der Waals surface area contributed by atoms with E-state index in [4.69, 9.17) is 9.26 Å². The molecule has 0 saturated carbocycles. The summed E-state index contributed by atoms with van der Waals surface area (Å²) >= 11 is 0. The molecule has 3 heterocycles. The van der Waals surface area contributed by atoms with E-state index in [1.54, 1.807) is 25.1 Å². The monoisotopic (exact) mass is 426 g/mol. The summed E-state index contributed by atoms with van der Waals surface area (Å²) in [7, 11) is 3.17. The third kappa shape index (κ3) is 4.43. The molecule has 1 unspecified atom stereocenters. The topological polar surface area (TPSA) is 71.7 Å². The van der Waals surface area contributed by atoms with Crippen LogP contribution < -0.4 is 4.90 Å². The number of aromatic nitrogens is 2. The molecule has 2 amide bonds. The molecule has 1 atom stereocenters. The minimum Gasteiger partial charge on any atom is -0.384 e. The van der Waals surface area contributed by atoms with Gasteiger partial charge in [-0.15, -0.1) is 0 Å². The predicted molar refractivity (Wildman–Crippen MR) is 103 cm³/mol. The van der Waals surface area contributed by atoms with Gasteiger partial charge in [-0.05, 0) is 25.0 Å². The van der Waals surface area contributed by atoms with Crippen molar-refractivity contribution in [1.82, 2.24) is 15.0 Å². The third-order valence-corrected chi connectivity index (χ3v) is 5.27. The zero-order valence-electron chi connectivity index (χ0n) is 17.4. The number of nitrogens with zero attached hydrogens (tertiary/aromatic N) is 4. The maximum absolute atomic E-state index is 13.1. The molecule has 0 aromatic carbocycles. The van der Waals surface area contributed by atoms with Gasteiger partial charge in [0.05, 0.1) is 29.6 Å². The third-order valence-electron chi connectivity index (χ3n) is 5.27. The second kappa shape index (κ2) is 8.25. The Balaban J connectivity index is 1.76. The lowest BCUT2D eigenvalue weighted by Gasteiger charge is -2.28. The molecule has 2 aromatic heterocycles. The molecule has 7 nitrogen and oxygen atoms in total. The van der Waals surface area contributed by atoms with Crippen molar-refractivity contribution in [2.24, 2.45) is 0 Å². The van der Waals surface area contributed by atoms with Crippen LogP contribution in [-0.4, -0.2) is 48.4 Å². The molecule has 1 fully saturated rings. The Morgan fingerprint density at radius 1 is 1.37 bits per heavy atom. The Morgan fingerprint density at radius 2 is 2.10 bits per heavy atom. The molecule has 3 rings (SSSR count). The van der Waals surface area contributed by atoms with E-state index in [-0.39, 0.29) is 17.3 Å². The minimum absolute atomic E-state index is 0.283. The van der Waals surface area contributed by atoms with Crippen molar-refractivity contribution in [3.63, 3.8) is 0 Å². The van der Waals surface area contributed by atoms with Gasteiger partial charge < -0.3 is 14.2 Å². The summed E-state index contributed by atoms with van der Waals surface area (Å²) in [6.07, 6.45) is -2.28. The standard InChI is InChI=1S/C20H25F3N4O3/c1-19(2,12-29-4)16-10-17(30-25-16)26(3)18(28)27-9-5-6-15(27)14-8-7-13(11-24-14)20(21,22)23/h7-8,10-11,15H,5-6,9,12H2,1-4H3. The number of amides is 2. The van der Waals surface area contributed by atoms with E-state index in [1.807, 2.05) is 13.8 Å². The molecule has 164 valence electrons. The number of hydrogen-bond donors (Lipinski definition) is 0. The fourth-order valence-corrected chi connectivity index (χ4v) is 3.54. The number of likely N-dealkylation sites (tertiary alicyclic amines) is 1. The summed E-state index contributed by atoms with van der Waals surface area (Å²) in [5.41, 5.74) is -0.115. The fraction of sp³-hybridized carbons (Fsp3) is 0.550.